The van der Waals surface area contributed by atoms with Crippen LogP contribution >= 0.6 is 0 Å². The third kappa shape index (κ3) is 4.24. The Morgan fingerprint density at radius 3 is 2.40 bits per heavy atom. The van der Waals surface area contributed by atoms with E-state index in [0.717, 1.165) is 12.5 Å². The summed E-state index contributed by atoms with van der Waals surface area (Å²) in [7, 11) is 0. The van der Waals surface area contributed by atoms with Gasteiger partial charge in [-0.1, -0.05) is 20.8 Å². The van der Waals surface area contributed by atoms with Gasteiger partial charge in [-0.05, 0) is 11.8 Å². The predicted octanol–water partition coefficient (Wildman–Crippen LogP) is 1.30. The summed E-state index contributed by atoms with van der Waals surface area (Å²) < 4.78 is 0. The van der Waals surface area contributed by atoms with Crippen LogP contribution < -0.4 is 11.1 Å². The van der Waals surface area contributed by atoms with Crippen molar-refractivity contribution in [1.82, 2.24) is 5.32 Å². The van der Waals surface area contributed by atoms with Gasteiger partial charge >= 0.3 is 0 Å². The van der Waals surface area contributed by atoms with Gasteiger partial charge in [0.25, 0.3) is 0 Å². The molecule has 0 heterocycles. The topological polar surface area (TPSA) is 38.0 Å². The summed E-state index contributed by atoms with van der Waals surface area (Å²) in [6, 6.07) is 0. The van der Waals surface area contributed by atoms with Gasteiger partial charge in [-0.3, -0.25) is 0 Å². The summed E-state index contributed by atoms with van der Waals surface area (Å²) in [5.41, 5.74) is 5.15. The molecule has 0 amide bonds. The van der Waals surface area contributed by atoms with Gasteiger partial charge in [0, 0.05) is 18.9 Å². The summed E-state index contributed by atoms with van der Waals surface area (Å²) in [4.78, 5) is 0. The molecule has 3 N–H and O–H groups in total. The summed E-state index contributed by atoms with van der Waals surface area (Å²) >= 11 is 0. The molecule has 2 heteroatoms. The zero-order valence-electron chi connectivity index (χ0n) is 7.09. The highest BCUT2D eigenvalue weighted by molar-refractivity contribution is 4.74. The van der Waals surface area contributed by atoms with E-state index in [4.69, 9.17) is 5.73 Å². The third-order valence-electron chi connectivity index (χ3n) is 1.79. The second-order valence-electron chi connectivity index (χ2n) is 2.99. The van der Waals surface area contributed by atoms with Crippen molar-refractivity contribution < 1.29 is 0 Å². The van der Waals surface area contributed by atoms with Gasteiger partial charge in [0.05, 0.1) is 0 Å². The summed E-state index contributed by atoms with van der Waals surface area (Å²) in [5.74, 6) is 1.44. The molecule has 0 aromatic carbocycles. The summed E-state index contributed by atoms with van der Waals surface area (Å²) in [6.07, 6.45) is 3.30. The second kappa shape index (κ2) is 5.15. The first kappa shape index (κ1) is 9.34. The highest BCUT2D eigenvalue weighted by Crippen LogP contribution is 2.06. The van der Waals surface area contributed by atoms with Crippen molar-refractivity contribution in [3.05, 3.63) is 12.4 Å². The smallest absolute Gasteiger partial charge is 0.0170 e. The van der Waals surface area contributed by atoms with Crippen LogP contribution in [0.25, 0.3) is 0 Å². The van der Waals surface area contributed by atoms with Crippen LogP contribution in [0.1, 0.15) is 20.8 Å². The lowest BCUT2D eigenvalue weighted by Crippen LogP contribution is -2.19. The summed E-state index contributed by atoms with van der Waals surface area (Å²) in [5, 5.41) is 3.11. The predicted molar refractivity (Wildman–Crippen MR) is 45.3 cm³/mol. The summed E-state index contributed by atoms with van der Waals surface area (Å²) in [6.45, 7) is 7.67. The van der Waals surface area contributed by atoms with Crippen LogP contribution in [-0.4, -0.2) is 6.54 Å². The molecule has 0 saturated carbocycles. The van der Waals surface area contributed by atoms with Gasteiger partial charge < -0.3 is 11.1 Å². The van der Waals surface area contributed by atoms with Crippen LogP contribution in [-0.2, 0) is 0 Å². The van der Waals surface area contributed by atoms with E-state index in [1.165, 1.54) is 6.20 Å². The molecule has 10 heavy (non-hydrogen) atoms. The molecule has 0 aliphatic carbocycles. The van der Waals surface area contributed by atoms with Crippen molar-refractivity contribution in [3.8, 4) is 0 Å². The zero-order chi connectivity index (χ0) is 7.98. The Morgan fingerprint density at radius 2 is 2.00 bits per heavy atom. The lowest BCUT2D eigenvalue weighted by atomic mass is 9.98. The lowest BCUT2D eigenvalue weighted by molar-refractivity contribution is 0.410. The maximum atomic E-state index is 5.15. The van der Waals surface area contributed by atoms with Gasteiger partial charge in [0.2, 0.25) is 0 Å². The number of rotatable bonds is 4. The number of nitrogens with one attached hydrogen (secondary N) is 1. The van der Waals surface area contributed by atoms with E-state index in [0.29, 0.717) is 5.92 Å². The largest absolute Gasteiger partial charge is 0.403 e. The molecule has 0 aliphatic heterocycles. The molecule has 0 bridgehead atoms. The standard InChI is InChI=1S/C8H18N2/c1-7(2)8(3)6-10-5-4-9/h4-5,7-8,10H,6,9H2,1-3H3/b5-4-. The van der Waals surface area contributed by atoms with Crippen LogP contribution in [0.3, 0.4) is 0 Å². The fourth-order valence-electron chi connectivity index (χ4n) is 0.558. The molecule has 0 fully saturated rings. The van der Waals surface area contributed by atoms with Crippen molar-refractivity contribution in [1.29, 1.82) is 0 Å². The number of nitrogens with two attached hydrogens (primary N) is 1. The third-order valence-corrected chi connectivity index (χ3v) is 1.79. The first-order valence-corrected chi connectivity index (χ1v) is 3.78. The Labute approximate surface area is 63.5 Å². The highest BCUT2D eigenvalue weighted by atomic mass is 14.8. The Morgan fingerprint density at radius 1 is 1.40 bits per heavy atom. The quantitative estimate of drug-likeness (QED) is 0.621. The van der Waals surface area contributed by atoms with E-state index in [1.807, 2.05) is 0 Å². The minimum absolute atomic E-state index is 0.705. The fourth-order valence-corrected chi connectivity index (χ4v) is 0.558. The molecule has 0 rings (SSSR count). The zero-order valence-corrected chi connectivity index (χ0v) is 7.09. The molecule has 2 nitrogen and oxygen atoms in total. The van der Waals surface area contributed by atoms with Crippen molar-refractivity contribution in [2.24, 2.45) is 17.6 Å². The Hall–Kier alpha value is -0.660. The van der Waals surface area contributed by atoms with Crippen LogP contribution in [0, 0.1) is 11.8 Å². The molecular weight excluding hydrogens is 124 g/mol. The van der Waals surface area contributed by atoms with Gasteiger partial charge in [-0.25, -0.2) is 0 Å². The Kier molecular flexibility index (Phi) is 4.81. The van der Waals surface area contributed by atoms with Crippen LogP contribution in [0.5, 0.6) is 0 Å². The minimum Gasteiger partial charge on any atom is -0.403 e. The molecule has 1 unspecified atom stereocenters. The average molecular weight is 142 g/mol. The lowest BCUT2D eigenvalue weighted by Gasteiger charge is -2.14. The minimum atomic E-state index is 0.705. The van der Waals surface area contributed by atoms with E-state index in [2.05, 4.69) is 26.1 Å². The monoisotopic (exact) mass is 142 g/mol. The molecule has 60 valence electrons. The molecule has 0 aromatic heterocycles. The Balaban J connectivity index is 3.30. The van der Waals surface area contributed by atoms with Crippen LogP contribution in [0.4, 0.5) is 0 Å². The van der Waals surface area contributed by atoms with Gasteiger partial charge in [0.15, 0.2) is 0 Å². The average Bonchev–Trinajstić information content (AvgIpc) is 1.88. The van der Waals surface area contributed by atoms with E-state index in [9.17, 15) is 0 Å². The molecule has 0 radical (unpaired) electrons. The van der Waals surface area contributed by atoms with Crippen molar-refractivity contribution in [2.75, 3.05) is 6.54 Å². The van der Waals surface area contributed by atoms with E-state index in [1.54, 1.807) is 6.20 Å². The maximum Gasteiger partial charge on any atom is 0.0170 e. The first-order chi connectivity index (χ1) is 4.68. The van der Waals surface area contributed by atoms with Crippen LogP contribution in [0.15, 0.2) is 12.4 Å². The fraction of sp³-hybridized carbons (Fsp3) is 0.750. The normalized spacial score (nSPS) is 14.4. The van der Waals surface area contributed by atoms with Crippen molar-refractivity contribution in [3.63, 3.8) is 0 Å². The van der Waals surface area contributed by atoms with Gasteiger partial charge in [0.1, 0.15) is 0 Å². The SMILES string of the molecule is CC(C)C(C)CN/C=C\N. The van der Waals surface area contributed by atoms with Crippen LogP contribution in [0.2, 0.25) is 0 Å². The molecule has 0 aliphatic rings. The molecule has 0 spiro atoms. The van der Waals surface area contributed by atoms with E-state index >= 15 is 0 Å². The molecule has 0 aromatic rings. The van der Waals surface area contributed by atoms with E-state index in [-0.39, 0.29) is 0 Å². The Bertz CT molecular complexity index is 97.4. The van der Waals surface area contributed by atoms with Gasteiger partial charge in [-0.15, -0.1) is 0 Å². The second-order valence-corrected chi connectivity index (χ2v) is 2.99. The number of hydrogen-bond donors (Lipinski definition) is 2. The van der Waals surface area contributed by atoms with Gasteiger partial charge in [-0.2, -0.15) is 0 Å². The first-order valence-electron chi connectivity index (χ1n) is 3.78. The molecule has 0 saturated heterocycles. The van der Waals surface area contributed by atoms with E-state index < -0.39 is 0 Å². The van der Waals surface area contributed by atoms with Crippen molar-refractivity contribution in [2.45, 2.75) is 20.8 Å². The highest BCUT2D eigenvalue weighted by Gasteiger charge is 2.03. The molecule has 1 atom stereocenters. The van der Waals surface area contributed by atoms with Crippen molar-refractivity contribution >= 4 is 0 Å². The molecular formula is C8H18N2. The maximum absolute atomic E-state index is 5.15. The number of hydrogen-bond acceptors (Lipinski definition) is 2.